The molecule has 1 amide bonds. The van der Waals surface area contributed by atoms with Crippen LogP contribution in [0, 0.1) is 25.7 Å². The Balaban J connectivity index is 0.936. The maximum Gasteiger partial charge on any atom is 0.330 e. The molecule has 1 aliphatic rings. The topological polar surface area (TPSA) is 123 Å². The Bertz CT molecular complexity index is 2950. The van der Waals surface area contributed by atoms with E-state index in [9.17, 15) is 19.5 Å². The molecule has 9 nitrogen and oxygen atoms in total. The van der Waals surface area contributed by atoms with E-state index in [0.717, 1.165) is 60.1 Å². The van der Waals surface area contributed by atoms with Gasteiger partial charge in [-0.15, -0.1) is 0 Å². The molecule has 2 heterocycles. The average molecular weight is 780 g/mol. The summed E-state index contributed by atoms with van der Waals surface area (Å²) in [6.45, 7) is 4.02. The third-order valence-electron chi connectivity index (χ3n) is 11.4. The molecule has 8 aromatic rings. The van der Waals surface area contributed by atoms with Gasteiger partial charge in [-0.05, 0) is 68.9 Å². The second-order valence-corrected chi connectivity index (χ2v) is 15.2. The van der Waals surface area contributed by atoms with E-state index in [1.807, 2.05) is 98.8 Å². The summed E-state index contributed by atoms with van der Waals surface area (Å²) in [5.74, 6) is 5.37. The van der Waals surface area contributed by atoms with Crippen molar-refractivity contribution >= 4 is 38.2 Å². The highest BCUT2D eigenvalue weighted by molar-refractivity contribution is 6.26. The number of aliphatic hydroxyl groups excluding tert-OH is 1. The Morgan fingerprint density at radius 1 is 0.797 bits per heavy atom. The van der Waals surface area contributed by atoms with Crippen LogP contribution in [-0.2, 0) is 15.1 Å². The molecule has 0 unspecified atom stereocenters. The van der Waals surface area contributed by atoms with E-state index in [2.05, 4.69) is 70.7 Å². The van der Waals surface area contributed by atoms with Crippen LogP contribution >= 0.6 is 0 Å². The normalized spacial score (nSPS) is 16.7. The second kappa shape index (κ2) is 15.5. The van der Waals surface area contributed by atoms with E-state index >= 15 is 0 Å². The number of aryl methyl sites for hydroxylation is 2. The lowest BCUT2D eigenvalue weighted by atomic mass is 9.79. The van der Waals surface area contributed by atoms with E-state index in [4.69, 9.17) is 9.47 Å². The predicted octanol–water partition coefficient (Wildman–Crippen LogP) is 7.49. The minimum atomic E-state index is -1.04. The molecule has 1 saturated heterocycles. The van der Waals surface area contributed by atoms with Gasteiger partial charge >= 0.3 is 5.69 Å². The number of hydrogen-bond acceptors (Lipinski definition) is 6. The zero-order valence-electron chi connectivity index (χ0n) is 32.6. The molecule has 0 aliphatic carbocycles. The van der Waals surface area contributed by atoms with Gasteiger partial charge in [-0.3, -0.25) is 19.1 Å². The first kappa shape index (κ1) is 37.7. The van der Waals surface area contributed by atoms with E-state index in [0.29, 0.717) is 5.56 Å². The Morgan fingerprint density at radius 2 is 1.41 bits per heavy atom. The molecule has 0 saturated carbocycles. The number of aromatic amines is 1. The monoisotopic (exact) mass is 779 g/mol. The number of aromatic nitrogens is 2. The number of rotatable bonds is 9. The molecule has 7 aromatic carbocycles. The highest BCUT2D eigenvalue weighted by Gasteiger charge is 2.42. The van der Waals surface area contributed by atoms with Crippen LogP contribution in [0.3, 0.4) is 0 Å². The molecular formula is C50H41N3O6. The number of ether oxygens (including phenoxy) is 2. The molecule has 9 heteroatoms. The van der Waals surface area contributed by atoms with Gasteiger partial charge in [0.15, 0.2) is 0 Å². The van der Waals surface area contributed by atoms with Crippen LogP contribution in [0.2, 0.25) is 0 Å². The number of carbonyl (C=O) groups excluding carboxylic acids is 1. The number of nitrogens with one attached hydrogen (secondary N) is 2. The van der Waals surface area contributed by atoms with Gasteiger partial charge < -0.3 is 19.9 Å². The molecule has 0 bridgehead atoms. The van der Waals surface area contributed by atoms with Gasteiger partial charge in [0, 0.05) is 18.2 Å². The summed E-state index contributed by atoms with van der Waals surface area (Å²) in [6.07, 6.45) is -1.27. The zero-order valence-corrected chi connectivity index (χ0v) is 32.6. The minimum absolute atomic E-state index is 0.00905. The summed E-state index contributed by atoms with van der Waals surface area (Å²) in [4.78, 5) is 41.8. The lowest BCUT2D eigenvalue weighted by molar-refractivity contribution is -0.0944. The summed E-state index contributed by atoms with van der Waals surface area (Å²) in [7, 11) is 0. The number of aliphatic hydroxyl groups is 1. The van der Waals surface area contributed by atoms with Crippen molar-refractivity contribution in [2.75, 3.05) is 13.2 Å². The van der Waals surface area contributed by atoms with Crippen molar-refractivity contribution in [2.45, 2.75) is 44.3 Å². The van der Waals surface area contributed by atoms with Gasteiger partial charge in [0.1, 0.15) is 23.5 Å². The number of amides is 1. The molecule has 3 N–H and O–H groups in total. The smallest absolute Gasteiger partial charge is 0.330 e. The molecule has 292 valence electrons. The zero-order chi connectivity index (χ0) is 40.7. The van der Waals surface area contributed by atoms with Crippen LogP contribution in [0.1, 0.15) is 56.4 Å². The lowest BCUT2D eigenvalue weighted by Crippen LogP contribution is -2.38. The first-order chi connectivity index (χ1) is 28.7. The largest absolute Gasteiger partial charge is 0.390 e. The number of hydrogen-bond donors (Lipinski definition) is 3. The first-order valence-corrected chi connectivity index (χ1v) is 19.7. The minimum Gasteiger partial charge on any atom is -0.390 e. The van der Waals surface area contributed by atoms with Crippen molar-refractivity contribution in [2.24, 2.45) is 0 Å². The van der Waals surface area contributed by atoms with Crippen molar-refractivity contribution in [3.63, 3.8) is 0 Å². The van der Waals surface area contributed by atoms with Gasteiger partial charge in [-0.25, -0.2) is 4.79 Å². The van der Waals surface area contributed by atoms with Gasteiger partial charge in [0.25, 0.3) is 11.5 Å². The van der Waals surface area contributed by atoms with Crippen LogP contribution < -0.4 is 16.6 Å². The molecule has 1 fully saturated rings. The fourth-order valence-corrected chi connectivity index (χ4v) is 8.32. The van der Waals surface area contributed by atoms with Crippen molar-refractivity contribution in [3.05, 3.63) is 199 Å². The number of carbonyl (C=O) groups is 1. The third kappa shape index (κ3) is 6.98. The SMILES string of the molecule is Cc1ccc(C(OC[C@H]2O[C@@H](n3cc(C#CCNC(=O)c4ccc5ccc6cccc7ccc4c5c67)c(=O)[nH]c3=O)C[C@@H]2O)(c2ccccc2)c2ccc(C)cc2)cc1. The van der Waals surface area contributed by atoms with Crippen molar-refractivity contribution in [1.29, 1.82) is 0 Å². The maximum absolute atomic E-state index is 13.4. The van der Waals surface area contributed by atoms with Gasteiger partial charge in [-0.2, -0.15) is 0 Å². The number of nitrogens with zero attached hydrogens (tertiary/aromatic N) is 1. The standard InChI is InChI=1S/C50H41N3O6/c1-31-13-21-38(22-14-31)50(37-11-4-3-5-12-37,39-23-15-32(2)16-24-39)58-30-43-42(54)28-44(59-43)53-29-36(47(55)52-49(53)57)10-7-27-51-48(56)41-26-20-35-18-17-33-8-6-9-34-19-25-40(41)46(35)45(33)34/h3-6,8-9,11-26,29,42-44,54H,27-28,30H2,1-2H3,(H,51,56)(H,52,55,57)/t42-,43+,44+/m0/s1. The third-order valence-corrected chi connectivity index (χ3v) is 11.4. The van der Waals surface area contributed by atoms with Crippen molar-refractivity contribution in [3.8, 4) is 11.8 Å². The Morgan fingerprint density at radius 3 is 2.08 bits per heavy atom. The van der Waals surface area contributed by atoms with Crippen molar-refractivity contribution in [1.82, 2.24) is 14.9 Å². The van der Waals surface area contributed by atoms with E-state index in [1.165, 1.54) is 10.8 Å². The van der Waals surface area contributed by atoms with Crippen LogP contribution in [0.15, 0.2) is 149 Å². The van der Waals surface area contributed by atoms with E-state index in [1.54, 1.807) is 0 Å². The fourth-order valence-electron chi connectivity index (χ4n) is 8.32. The summed E-state index contributed by atoms with van der Waals surface area (Å²) in [5.41, 5.74) is 3.08. The van der Waals surface area contributed by atoms with Crippen LogP contribution in [0.25, 0.3) is 32.3 Å². The maximum atomic E-state index is 13.4. The number of benzene rings is 7. The van der Waals surface area contributed by atoms with E-state index < -0.39 is 35.3 Å². The molecule has 9 rings (SSSR count). The second-order valence-electron chi connectivity index (χ2n) is 15.2. The first-order valence-electron chi connectivity index (χ1n) is 19.7. The Kier molecular flexibility index (Phi) is 9.91. The number of H-pyrrole nitrogens is 1. The highest BCUT2D eigenvalue weighted by Crippen LogP contribution is 2.42. The lowest BCUT2D eigenvalue weighted by Gasteiger charge is -2.37. The van der Waals surface area contributed by atoms with Crippen LogP contribution in [0.4, 0.5) is 0 Å². The average Bonchev–Trinajstić information content (AvgIpc) is 3.63. The molecule has 3 atom stereocenters. The summed E-state index contributed by atoms with van der Waals surface area (Å²) >= 11 is 0. The summed E-state index contributed by atoms with van der Waals surface area (Å²) < 4.78 is 14.5. The van der Waals surface area contributed by atoms with Gasteiger partial charge in [0.05, 0.1) is 19.3 Å². The van der Waals surface area contributed by atoms with Crippen molar-refractivity contribution < 1.29 is 19.4 Å². The summed E-state index contributed by atoms with van der Waals surface area (Å²) in [5, 5.41) is 20.5. The molecular weight excluding hydrogens is 739 g/mol. The van der Waals surface area contributed by atoms with Gasteiger partial charge in [0.2, 0.25) is 0 Å². The van der Waals surface area contributed by atoms with Crippen LogP contribution in [0.5, 0.6) is 0 Å². The molecule has 1 aromatic heterocycles. The molecule has 0 radical (unpaired) electrons. The Hall–Kier alpha value is -6.83. The highest BCUT2D eigenvalue weighted by atomic mass is 16.6. The predicted molar refractivity (Wildman–Crippen MR) is 230 cm³/mol. The molecule has 59 heavy (non-hydrogen) atoms. The van der Waals surface area contributed by atoms with E-state index in [-0.39, 0.29) is 31.0 Å². The fraction of sp³-hybridized carbons (Fsp3) is 0.180. The quantitative estimate of drug-likeness (QED) is 0.0794. The van der Waals surface area contributed by atoms with Crippen LogP contribution in [-0.4, -0.2) is 45.9 Å². The molecule has 0 spiro atoms. The Labute approximate surface area is 340 Å². The summed E-state index contributed by atoms with van der Waals surface area (Å²) in [6, 6.07) is 44.4. The molecule has 1 aliphatic heterocycles. The van der Waals surface area contributed by atoms with Gasteiger partial charge in [-0.1, -0.05) is 150 Å².